The standard InChI is InChI=1S/C17H23ClFN3O3/c1-2-21(7-8-23)16(24)10-15-17(25)20-5-6-22(15)11-12-3-4-13(18)14(19)9-12/h3-4,9,15,23H,2,5-8,10-11H2,1H3,(H,20,25)/t15-/m1/s1. The minimum Gasteiger partial charge on any atom is -0.395 e. The van der Waals surface area contributed by atoms with Crippen molar-refractivity contribution in [3.05, 3.63) is 34.6 Å². The van der Waals surface area contributed by atoms with Gasteiger partial charge in [0.2, 0.25) is 11.8 Å². The molecule has 1 atom stereocenters. The summed E-state index contributed by atoms with van der Waals surface area (Å²) in [5, 5.41) is 11.9. The van der Waals surface area contributed by atoms with Crippen LogP contribution in [0, 0.1) is 5.82 Å². The number of nitrogens with zero attached hydrogens (tertiary/aromatic N) is 2. The highest BCUT2D eigenvalue weighted by Crippen LogP contribution is 2.19. The summed E-state index contributed by atoms with van der Waals surface area (Å²) in [7, 11) is 0. The lowest BCUT2D eigenvalue weighted by Gasteiger charge is -2.35. The Morgan fingerprint density at radius 2 is 2.28 bits per heavy atom. The minimum atomic E-state index is -0.618. The molecule has 0 aromatic heterocycles. The largest absolute Gasteiger partial charge is 0.395 e. The SMILES string of the molecule is CCN(CCO)C(=O)C[C@@H]1C(=O)NCCN1Cc1ccc(Cl)c(F)c1. The third kappa shape index (κ3) is 5.14. The molecular weight excluding hydrogens is 349 g/mol. The van der Waals surface area contributed by atoms with Gasteiger partial charge in [-0.3, -0.25) is 14.5 Å². The Bertz CT molecular complexity index is 629. The molecule has 1 aliphatic heterocycles. The van der Waals surface area contributed by atoms with Crippen molar-refractivity contribution in [2.45, 2.75) is 25.9 Å². The maximum absolute atomic E-state index is 13.6. The van der Waals surface area contributed by atoms with Crippen LogP contribution in [0.1, 0.15) is 18.9 Å². The first-order valence-corrected chi connectivity index (χ1v) is 8.68. The van der Waals surface area contributed by atoms with Gasteiger partial charge in [0.25, 0.3) is 0 Å². The first-order valence-electron chi connectivity index (χ1n) is 8.30. The van der Waals surface area contributed by atoms with Gasteiger partial charge >= 0.3 is 0 Å². The molecule has 2 rings (SSSR count). The lowest BCUT2D eigenvalue weighted by atomic mass is 10.1. The smallest absolute Gasteiger partial charge is 0.237 e. The average Bonchev–Trinajstić information content (AvgIpc) is 2.59. The van der Waals surface area contributed by atoms with Crippen LogP contribution in [0.5, 0.6) is 0 Å². The number of carbonyl (C=O) groups is 2. The van der Waals surface area contributed by atoms with Gasteiger partial charge in [-0.05, 0) is 24.6 Å². The van der Waals surface area contributed by atoms with Crippen LogP contribution in [0.2, 0.25) is 5.02 Å². The third-order valence-corrected chi connectivity index (χ3v) is 4.59. The number of rotatable bonds is 7. The second-order valence-electron chi connectivity index (χ2n) is 5.93. The van der Waals surface area contributed by atoms with Crippen LogP contribution in [-0.4, -0.2) is 65.5 Å². The van der Waals surface area contributed by atoms with Crippen LogP contribution < -0.4 is 5.32 Å². The average molecular weight is 372 g/mol. The van der Waals surface area contributed by atoms with E-state index in [-0.39, 0.29) is 36.4 Å². The number of hydrogen-bond donors (Lipinski definition) is 2. The van der Waals surface area contributed by atoms with Gasteiger partial charge < -0.3 is 15.3 Å². The predicted molar refractivity (Wildman–Crippen MR) is 92.6 cm³/mol. The number of aliphatic hydroxyl groups excluding tert-OH is 1. The van der Waals surface area contributed by atoms with E-state index in [9.17, 15) is 14.0 Å². The Labute approximate surface area is 151 Å². The molecule has 2 N–H and O–H groups in total. The summed E-state index contributed by atoms with van der Waals surface area (Å²) in [6.45, 7) is 3.81. The number of nitrogens with one attached hydrogen (secondary N) is 1. The summed E-state index contributed by atoms with van der Waals surface area (Å²) in [5.41, 5.74) is 0.691. The molecule has 0 unspecified atom stereocenters. The number of benzene rings is 1. The molecule has 6 nitrogen and oxygen atoms in total. The molecule has 1 saturated heterocycles. The van der Waals surface area contributed by atoms with Crippen molar-refractivity contribution in [3.63, 3.8) is 0 Å². The first-order chi connectivity index (χ1) is 12.0. The van der Waals surface area contributed by atoms with Crippen molar-refractivity contribution in [3.8, 4) is 0 Å². The second kappa shape index (κ2) is 9.12. The lowest BCUT2D eigenvalue weighted by molar-refractivity contribution is -0.139. The summed E-state index contributed by atoms with van der Waals surface area (Å²) >= 11 is 5.70. The van der Waals surface area contributed by atoms with Crippen molar-refractivity contribution in [1.29, 1.82) is 0 Å². The molecule has 0 aliphatic carbocycles. The molecule has 1 fully saturated rings. The fourth-order valence-corrected chi connectivity index (χ4v) is 3.04. The molecule has 1 heterocycles. The number of hydrogen-bond acceptors (Lipinski definition) is 4. The Balaban J connectivity index is 2.10. The van der Waals surface area contributed by atoms with E-state index in [1.807, 2.05) is 11.8 Å². The zero-order valence-corrected chi connectivity index (χ0v) is 14.9. The van der Waals surface area contributed by atoms with E-state index in [4.69, 9.17) is 16.7 Å². The number of likely N-dealkylation sites (N-methyl/N-ethyl adjacent to an activating group) is 1. The van der Waals surface area contributed by atoms with Crippen LogP contribution in [-0.2, 0) is 16.1 Å². The summed E-state index contributed by atoms with van der Waals surface area (Å²) in [6.07, 6.45) is 0.0236. The van der Waals surface area contributed by atoms with E-state index in [0.29, 0.717) is 31.7 Å². The molecule has 138 valence electrons. The van der Waals surface area contributed by atoms with Gasteiger partial charge in [0.1, 0.15) is 5.82 Å². The number of halogens is 2. The van der Waals surface area contributed by atoms with Crippen LogP contribution in [0.3, 0.4) is 0 Å². The van der Waals surface area contributed by atoms with Gasteiger partial charge in [-0.25, -0.2) is 4.39 Å². The second-order valence-corrected chi connectivity index (χ2v) is 6.33. The fourth-order valence-electron chi connectivity index (χ4n) is 2.92. The van der Waals surface area contributed by atoms with E-state index < -0.39 is 11.9 Å². The Morgan fingerprint density at radius 3 is 2.92 bits per heavy atom. The molecular formula is C17H23ClFN3O3. The number of amides is 2. The van der Waals surface area contributed by atoms with Gasteiger partial charge in [-0.15, -0.1) is 0 Å². The summed E-state index contributed by atoms with van der Waals surface area (Å²) in [4.78, 5) is 28.0. The molecule has 8 heteroatoms. The van der Waals surface area contributed by atoms with Crippen molar-refractivity contribution in [1.82, 2.24) is 15.1 Å². The van der Waals surface area contributed by atoms with E-state index >= 15 is 0 Å². The maximum atomic E-state index is 13.6. The number of carbonyl (C=O) groups excluding carboxylic acids is 2. The molecule has 25 heavy (non-hydrogen) atoms. The van der Waals surface area contributed by atoms with E-state index in [1.165, 1.54) is 17.0 Å². The van der Waals surface area contributed by atoms with E-state index in [0.717, 1.165) is 0 Å². The Morgan fingerprint density at radius 1 is 1.52 bits per heavy atom. The molecule has 1 aromatic carbocycles. The fraction of sp³-hybridized carbons (Fsp3) is 0.529. The topological polar surface area (TPSA) is 72.9 Å². The van der Waals surface area contributed by atoms with Crippen molar-refractivity contribution in [2.24, 2.45) is 0 Å². The summed E-state index contributed by atoms with van der Waals surface area (Å²) in [5.74, 6) is -0.909. The highest BCUT2D eigenvalue weighted by molar-refractivity contribution is 6.30. The molecule has 0 radical (unpaired) electrons. The van der Waals surface area contributed by atoms with Crippen LogP contribution >= 0.6 is 11.6 Å². The highest BCUT2D eigenvalue weighted by Gasteiger charge is 2.32. The normalized spacial score (nSPS) is 18.1. The van der Waals surface area contributed by atoms with Crippen molar-refractivity contribution >= 4 is 23.4 Å². The van der Waals surface area contributed by atoms with Gasteiger partial charge in [0.05, 0.1) is 24.1 Å². The Kier molecular flexibility index (Phi) is 7.16. The maximum Gasteiger partial charge on any atom is 0.237 e. The monoisotopic (exact) mass is 371 g/mol. The first kappa shape index (κ1) is 19.6. The zero-order chi connectivity index (χ0) is 18.4. The molecule has 1 aliphatic rings. The highest BCUT2D eigenvalue weighted by atomic mass is 35.5. The van der Waals surface area contributed by atoms with Crippen LogP contribution in [0.15, 0.2) is 18.2 Å². The van der Waals surface area contributed by atoms with Gasteiger partial charge in [-0.2, -0.15) is 0 Å². The van der Waals surface area contributed by atoms with Crippen LogP contribution in [0.25, 0.3) is 0 Å². The summed E-state index contributed by atoms with van der Waals surface area (Å²) < 4.78 is 13.6. The number of aliphatic hydroxyl groups is 1. The van der Waals surface area contributed by atoms with E-state index in [2.05, 4.69) is 5.32 Å². The van der Waals surface area contributed by atoms with Crippen LogP contribution in [0.4, 0.5) is 4.39 Å². The number of piperazine rings is 1. The predicted octanol–water partition coefficient (Wildman–Crippen LogP) is 1.01. The van der Waals surface area contributed by atoms with Gasteiger partial charge in [0.15, 0.2) is 0 Å². The molecule has 1 aromatic rings. The molecule has 2 amide bonds. The van der Waals surface area contributed by atoms with Gasteiger partial charge in [0, 0.05) is 32.7 Å². The van der Waals surface area contributed by atoms with Crippen molar-refractivity contribution in [2.75, 3.05) is 32.8 Å². The van der Waals surface area contributed by atoms with Crippen molar-refractivity contribution < 1.29 is 19.1 Å². The minimum absolute atomic E-state index is 0.0236. The van der Waals surface area contributed by atoms with Gasteiger partial charge in [-0.1, -0.05) is 17.7 Å². The molecule has 0 saturated carbocycles. The molecule has 0 bridgehead atoms. The quantitative estimate of drug-likeness (QED) is 0.750. The zero-order valence-electron chi connectivity index (χ0n) is 14.2. The van der Waals surface area contributed by atoms with E-state index in [1.54, 1.807) is 6.07 Å². The third-order valence-electron chi connectivity index (χ3n) is 4.28. The molecule has 0 spiro atoms. The Hall–Kier alpha value is -1.70. The lowest BCUT2D eigenvalue weighted by Crippen LogP contribution is -2.56. The summed E-state index contributed by atoms with van der Waals surface area (Å²) in [6, 6.07) is 3.92.